The second-order valence-electron chi connectivity index (χ2n) is 4.96. The van der Waals surface area contributed by atoms with E-state index >= 15 is 0 Å². The zero-order valence-corrected chi connectivity index (χ0v) is 13.0. The van der Waals surface area contributed by atoms with Gasteiger partial charge in [-0.2, -0.15) is 0 Å². The number of carboxylic acids is 1. The highest BCUT2D eigenvalue weighted by Crippen LogP contribution is 2.24. The molecule has 122 valence electrons. The highest BCUT2D eigenvalue weighted by molar-refractivity contribution is 7.20. The van der Waals surface area contributed by atoms with Crippen LogP contribution in [0.1, 0.15) is 33.0 Å². The summed E-state index contributed by atoms with van der Waals surface area (Å²) in [7, 11) is 0. The molecule has 8 nitrogen and oxygen atoms in total. The standard InChI is InChI=1S/C14H17N5O3S/c15-8(2-1-5-18-14(16)17)11(20)12-19-9-4-3-7(13(21)22)6-10(9)23-12/h3-4,6,8H,1-2,5,15H2,(H,21,22)(H4,16,17,18)/t8-/m1/s1. The number of carboxylic acid groups (broad SMARTS) is 1. The maximum absolute atomic E-state index is 12.3. The summed E-state index contributed by atoms with van der Waals surface area (Å²) in [6, 6.07) is 3.83. The Bertz CT molecular complexity index is 758. The molecule has 0 aliphatic rings. The zero-order valence-electron chi connectivity index (χ0n) is 12.2. The van der Waals surface area contributed by atoms with E-state index in [0.717, 1.165) is 11.3 Å². The van der Waals surface area contributed by atoms with E-state index in [0.29, 0.717) is 29.6 Å². The van der Waals surface area contributed by atoms with Crippen LogP contribution in [0.2, 0.25) is 0 Å². The van der Waals surface area contributed by atoms with Crippen LogP contribution >= 0.6 is 11.3 Å². The molecule has 0 saturated carbocycles. The van der Waals surface area contributed by atoms with Crippen LogP contribution in [0.25, 0.3) is 10.2 Å². The third-order valence-electron chi connectivity index (χ3n) is 3.19. The summed E-state index contributed by atoms with van der Waals surface area (Å²) in [5.74, 6) is -1.42. The van der Waals surface area contributed by atoms with Crippen molar-refractivity contribution >= 4 is 39.3 Å². The molecule has 0 aliphatic carbocycles. The minimum absolute atomic E-state index is 0.120. The van der Waals surface area contributed by atoms with Gasteiger partial charge in [0, 0.05) is 6.54 Å². The molecule has 1 atom stereocenters. The van der Waals surface area contributed by atoms with Crippen LogP contribution in [-0.4, -0.2) is 40.4 Å². The fourth-order valence-corrected chi connectivity index (χ4v) is 3.01. The van der Waals surface area contributed by atoms with E-state index in [4.69, 9.17) is 22.0 Å². The number of ketones is 1. The SMILES string of the molecule is N=C(N)NCCC[C@@H](N)C(=O)c1nc2ccc(C(=O)O)cc2s1. The molecule has 0 fully saturated rings. The van der Waals surface area contributed by atoms with Crippen LogP contribution in [0.5, 0.6) is 0 Å². The Hall–Kier alpha value is -2.52. The number of aromatic nitrogens is 1. The number of nitrogens with zero attached hydrogens (tertiary/aromatic N) is 1. The van der Waals surface area contributed by atoms with Gasteiger partial charge in [0.25, 0.3) is 0 Å². The van der Waals surface area contributed by atoms with Crippen LogP contribution in [0.3, 0.4) is 0 Å². The molecule has 0 unspecified atom stereocenters. The molecule has 0 amide bonds. The maximum atomic E-state index is 12.3. The molecule has 9 heteroatoms. The van der Waals surface area contributed by atoms with E-state index in [-0.39, 0.29) is 22.3 Å². The highest BCUT2D eigenvalue weighted by Gasteiger charge is 2.20. The molecule has 0 bridgehead atoms. The van der Waals surface area contributed by atoms with E-state index in [1.165, 1.54) is 12.1 Å². The number of guanidine groups is 1. The molecule has 2 rings (SSSR count). The molecule has 0 saturated heterocycles. The van der Waals surface area contributed by atoms with Crippen molar-refractivity contribution in [3.63, 3.8) is 0 Å². The molecule has 0 spiro atoms. The predicted octanol–water partition coefficient (Wildman–Crippen LogP) is 0.768. The predicted molar refractivity (Wildman–Crippen MR) is 88.0 cm³/mol. The average molecular weight is 335 g/mol. The first-order chi connectivity index (χ1) is 10.9. The zero-order chi connectivity index (χ0) is 17.0. The van der Waals surface area contributed by atoms with E-state index in [1.807, 2.05) is 0 Å². The normalized spacial score (nSPS) is 12.0. The number of nitrogens with one attached hydrogen (secondary N) is 2. The number of aromatic carboxylic acids is 1. The van der Waals surface area contributed by atoms with Crippen LogP contribution in [0.15, 0.2) is 18.2 Å². The molecule has 2 aromatic rings. The molecule has 1 heterocycles. The fourth-order valence-electron chi connectivity index (χ4n) is 2.00. The van der Waals surface area contributed by atoms with Crippen molar-refractivity contribution in [1.29, 1.82) is 5.41 Å². The summed E-state index contributed by atoms with van der Waals surface area (Å²) >= 11 is 1.14. The maximum Gasteiger partial charge on any atom is 0.335 e. The van der Waals surface area contributed by atoms with Gasteiger partial charge in [-0.05, 0) is 31.0 Å². The van der Waals surface area contributed by atoms with Crippen molar-refractivity contribution in [1.82, 2.24) is 10.3 Å². The Morgan fingerprint density at radius 1 is 1.43 bits per heavy atom. The molecular formula is C14H17N5O3S. The summed E-state index contributed by atoms with van der Waals surface area (Å²) < 4.78 is 0.638. The van der Waals surface area contributed by atoms with Crippen LogP contribution < -0.4 is 16.8 Å². The largest absolute Gasteiger partial charge is 0.478 e. The number of fused-ring (bicyclic) bond motifs is 1. The number of Topliss-reactive ketones (excluding diaryl/α,β-unsaturated/α-hetero) is 1. The Morgan fingerprint density at radius 2 is 2.17 bits per heavy atom. The quantitative estimate of drug-likeness (QED) is 0.216. The van der Waals surface area contributed by atoms with Gasteiger partial charge in [0.05, 0.1) is 21.8 Å². The van der Waals surface area contributed by atoms with Gasteiger partial charge in [-0.3, -0.25) is 10.2 Å². The second kappa shape index (κ2) is 7.16. The van der Waals surface area contributed by atoms with E-state index in [2.05, 4.69) is 10.3 Å². The van der Waals surface area contributed by atoms with Gasteiger partial charge in [-0.1, -0.05) is 0 Å². The Morgan fingerprint density at radius 3 is 2.83 bits per heavy atom. The Labute approximate surface area is 136 Å². The molecule has 0 radical (unpaired) electrons. The van der Waals surface area contributed by atoms with Crippen molar-refractivity contribution in [3.05, 3.63) is 28.8 Å². The first-order valence-electron chi connectivity index (χ1n) is 6.90. The van der Waals surface area contributed by atoms with Crippen molar-refractivity contribution in [2.75, 3.05) is 6.54 Å². The van der Waals surface area contributed by atoms with E-state index in [1.54, 1.807) is 6.07 Å². The minimum atomic E-state index is -1.03. The number of carbonyl (C=O) groups excluding carboxylic acids is 1. The van der Waals surface area contributed by atoms with Crippen LogP contribution in [-0.2, 0) is 0 Å². The number of benzene rings is 1. The first kappa shape index (κ1) is 16.8. The monoisotopic (exact) mass is 335 g/mol. The molecule has 1 aromatic heterocycles. The number of nitrogens with two attached hydrogens (primary N) is 2. The smallest absolute Gasteiger partial charge is 0.335 e. The second-order valence-corrected chi connectivity index (χ2v) is 5.99. The van der Waals surface area contributed by atoms with Gasteiger partial charge in [0.1, 0.15) is 0 Å². The summed E-state index contributed by atoms with van der Waals surface area (Å²) in [5, 5.41) is 18.9. The third kappa shape index (κ3) is 4.24. The topological polar surface area (TPSA) is 155 Å². The average Bonchev–Trinajstić information content (AvgIpc) is 2.93. The van der Waals surface area contributed by atoms with Gasteiger partial charge >= 0.3 is 5.97 Å². The number of hydrogen-bond donors (Lipinski definition) is 5. The minimum Gasteiger partial charge on any atom is -0.478 e. The summed E-state index contributed by atoms with van der Waals surface area (Å²) in [4.78, 5) is 27.5. The molecule has 23 heavy (non-hydrogen) atoms. The lowest BCUT2D eigenvalue weighted by Gasteiger charge is -2.09. The van der Waals surface area contributed by atoms with Gasteiger partial charge < -0.3 is 21.9 Å². The van der Waals surface area contributed by atoms with Crippen molar-refractivity contribution in [3.8, 4) is 0 Å². The van der Waals surface area contributed by atoms with Gasteiger partial charge in [-0.15, -0.1) is 11.3 Å². The lowest BCUT2D eigenvalue weighted by Crippen LogP contribution is -2.34. The number of hydrogen-bond acceptors (Lipinski definition) is 6. The van der Waals surface area contributed by atoms with E-state index in [9.17, 15) is 9.59 Å². The number of carbonyl (C=O) groups is 2. The van der Waals surface area contributed by atoms with Gasteiger partial charge in [-0.25, -0.2) is 9.78 Å². The fraction of sp³-hybridized carbons (Fsp3) is 0.286. The molecular weight excluding hydrogens is 318 g/mol. The van der Waals surface area contributed by atoms with Crippen molar-refractivity contribution < 1.29 is 14.7 Å². The first-order valence-corrected chi connectivity index (χ1v) is 7.71. The lowest BCUT2D eigenvalue weighted by molar-refractivity contribution is 0.0697. The summed E-state index contributed by atoms with van der Waals surface area (Å²) in [5.41, 5.74) is 11.8. The van der Waals surface area contributed by atoms with E-state index < -0.39 is 12.0 Å². The number of rotatable bonds is 7. The Balaban J connectivity index is 2.05. The van der Waals surface area contributed by atoms with Crippen LogP contribution in [0, 0.1) is 5.41 Å². The van der Waals surface area contributed by atoms with Crippen LogP contribution in [0.4, 0.5) is 0 Å². The van der Waals surface area contributed by atoms with Crippen molar-refractivity contribution in [2.45, 2.75) is 18.9 Å². The summed E-state index contributed by atoms with van der Waals surface area (Å²) in [6.45, 7) is 0.470. The van der Waals surface area contributed by atoms with Crippen molar-refractivity contribution in [2.24, 2.45) is 11.5 Å². The van der Waals surface area contributed by atoms with Gasteiger partial charge in [0.15, 0.2) is 11.0 Å². The summed E-state index contributed by atoms with van der Waals surface area (Å²) in [6.07, 6.45) is 1.04. The third-order valence-corrected chi connectivity index (χ3v) is 4.22. The molecule has 1 aromatic carbocycles. The van der Waals surface area contributed by atoms with Gasteiger partial charge in [0.2, 0.25) is 5.78 Å². The highest BCUT2D eigenvalue weighted by atomic mass is 32.1. The lowest BCUT2D eigenvalue weighted by atomic mass is 10.1. The molecule has 7 N–H and O–H groups in total. The molecule has 0 aliphatic heterocycles. The Kier molecular flexibility index (Phi) is 5.24. The number of thiazole rings is 1.